The Morgan fingerprint density at radius 3 is 2.91 bits per heavy atom. The Hall–Kier alpha value is -1.95. The van der Waals surface area contributed by atoms with Crippen molar-refractivity contribution < 1.29 is 9.53 Å². The quantitative estimate of drug-likeness (QED) is 0.940. The van der Waals surface area contributed by atoms with Crippen molar-refractivity contribution >= 4 is 11.6 Å². The van der Waals surface area contributed by atoms with Gasteiger partial charge in [0, 0.05) is 18.0 Å². The summed E-state index contributed by atoms with van der Waals surface area (Å²) in [4.78, 5) is 17.3. The van der Waals surface area contributed by atoms with Crippen molar-refractivity contribution in [2.75, 3.05) is 6.61 Å². The van der Waals surface area contributed by atoms with Crippen LogP contribution in [0.2, 0.25) is 0 Å². The summed E-state index contributed by atoms with van der Waals surface area (Å²) in [6.45, 7) is 8.61. The van der Waals surface area contributed by atoms with Crippen LogP contribution in [-0.4, -0.2) is 39.3 Å². The Morgan fingerprint density at radius 1 is 1.48 bits per heavy atom. The molecule has 0 radical (unpaired) electrons. The fourth-order valence-corrected chi connectivity index (χ4v) is 3.31. The van der Waals surface area contributed by atoms with Gasteiger partial charge in [0.15, 0.2) is 5.65 Å². The molecule has 0 bridgehead atoms. The Labute approximate surface area is 136 Å². The van der Waals surface area contributed by atoms with Crippen LogP contribution in [0.25, 0.3) is 5.65 Å². The number of fused-ring (bicyclic) bond motifs is 1. The van der Waals surface area contributed by atoms with E-state index in [1.807, 2.05) is 26.8 Å². The SMILES string of the molecule is CCC(NC(=O)c1c(C)nn2c(C)cc(C)nc12)C1CCCO1. The number of hydrogen-bond donors (Lipinski definition) is 1. The molecule has 0 saturated carbocycles. The van der Waals surface area contributed by atoms with Gasteiger partial charge in [0.2, 0.25) is 0 Å². The van der Waals surface area contributed by atoms with E-state index >= 15 is 0 Å². The van der Waals surface area contributed by atoms with Crippen LogP contribution in [0, 0.1) is 20.8 Å². The number of hydrogen-bond acceptors (Lipinski definition) is 4. The largest absolute Gasteiger partial charge is 0.376 e. The number of nitrogens with one attached hydrogen (secondary N) is 1. The van der Waals surface area contributed by atoms with E-state index in [-0.39, 0.29) is 18.1 Å². The van der Waals surface area contributed by atoms with Gasteiger partial charge in [-0.25, -0.2) is 9.50 Å². The zero-order valence-electron chi connectivity index (χ0n) is 14.2. The summed E-state index contributed by atoms with van der Waals surface area (Å²) in [6, 6.07) is 1.99. The van der Waals surface area contributed by atoms with Crippen LogP contribution in [0.5, 0.6) is 0 Å². The highest BCUT2D eigenvalue weighted by molar-refractivity contribution is 6.01. The van der Waals surface area contributed by atoms with Gasteiger partial charge in [-0.3, -0.25) is 4.79 Å². The molecule has 6 nitrogen and oxygen atoms in total. The molecule has 0 aromatic carbocycles. The van der Waals surface area contributed by atoms with Crippen LogP contribution < -0.4 is 5.32 Å². The van der Waals surface area contributed by atoms with E-state index in [1.165, 1.54) is 0 Å². The van der Waals surface area contributed by atoms with E-state index in [0.29, 0.717) is 16.9 Å². The van der Waals surface area contributed by atoms with Crippen LogP contribution in [0.15, 0.2) is 6.07 Å². The van der Waals surface area contributed by atoms with E-state index in [4.69, 9.17) is 4.74 Å². The normalized spacial score (nSPS) is 19.2. The fraction of sp³-hybridized carbons (Fsp3) is 0.588. The molecule has 6 heteroatoms. The summed E-state index contributed by atoms with van der Waals surface area (Å²) in [7, 11) is 0. The lowest BCUT2D eigenvalue weighted by atomic mass is 10.0. The van der Waals surface area contributed by atoms with Crippen LogP contribution in [-0.2, 0) is 4.74 Å². The van der Waals surface area contributed by atoms with Gasteiger partial charge in [0.25, 0.3) is 5.91 Å². The summed E-state index contributed by atoms with van der Waals surface area (Å²) in [5.41, 5.74) is 3.75. The average molecular weight is 316 g/mol. The van der Waals surface area contributed by atoms with Gasteiger partial charge >= 0.3 is 0 Å². The summed E-state index contributed by atoms with van der Waals surface area (Å²) in [6.07, 6.45) is 3.03. The van der Waals surface area contributed by atoms with Crippen molar-refractivity contribution in [2.24, 2.45) is 0 Å². The highest BCUT2D eigenvalue weighted by atomic mass is 16.5. The highest BCUT2D eigenvalue weighted by Crippen LogP contribution is 2.20. The molecule has 3 rings (SSSR count). The molecule has 2 unspecified atom stereocenters. The number of carbonyl (C=O) groups is 1. The molecule has 2 aromatic heterocycles. The van der Waals surface area contributed by atoms with E-state index < -0.39 is 0 Å². The molecular weight excluding hydrogens is 292 g/mol. The smallest absolute Gasteiger partial charge is 0.257 e. The number of aromatic nitrogens is 3. The number of nitrogens with zero attached hydrogens (tertiary/aromatic N) is 3. The lowest BCUT2D eigenvalue weighted by Crippen LogP contribution is -2.42. The second-order valence-electron chi connectivity index (χ2n) is 6.27. The van der Waals surface area contributed by atoms with Crippen molar-refractivity contribution in [3.63, 3.8) is 0 Å². The molecule has 1 aliphatic rings. The van der Waals surface area contributed by atoms with Crippen molar-refractivity contribution in [1.29, 1.82) is 0 Å². The average Bonchev–Trinajstić information content (AvgIpc) is 3.12. The molecule has 1 N–H and O–H groups in total. The van der Waals surface area contributed by atoms with Crippen LogP contribution in [0.3, 0.4) is 0 Å². The summed E-state index contributed by atoms with van der Waals surface area (Å²) >= 11 is 0. The Balaban J connectivity index is 1.92. The van der Waals surface area contributed by atoms with Crippen LogP contribution in [0.4, 0.5) is 0 Å². The lowest BCUT2D eigenvalue weighted by molar-refractivity contribution is 0.0666. The monoisotopic (exact) mass is 316 g/mol. The van der Waals surface area contributed by atoms with Crippen molar-refractivity contribution in [1.82, 2.24) is 19.9 Å². The minimum absolute atomic E-state index is 0.0326. The third kappa shape index (κ3) is 2.95. The van der Waals surface area contributed by atoms with Gasteiger partial charge in [0.05, 0.1) is 17.8 Å². The predicted octanol–water partition coefficient (Wildman–Crippen LogP) is 2.34. The highest BCUT2D eigenvalue weighted by Gasteiger charge is 2.28. The predicted molar refractivity (Wildman–Crippen MR) is 87.7 cm³/mol. The standard InChI is InChI=1S/C17H24N4O2/c1-5-13(14-7-6-8-23-14)19-17(22)15-12(4)20-21-11(3)9-10(2)18-16(15)21/h9,13-14H,5-8H2,1-4H3,(H,19,22). The molecule has 1 saturated heterocycles. The Bertz CT molecular complexity index is 732. The summed E-state index contributed by atoms with van der Waals surface area (Å²) in [5, 5.41) is 7.59. The first-order chi connectivity index (χ1) is 11.0. The lowest BCUT2D eigenvalue weighted by Gasteiger charge is -2.22. The Kier molecular flexibility index (Phi) is 4.35. The molecule has 0 spiro atoms. The number of ether oxygens (including phenoxy) is 1. The minimum atomic E-state index is -0.114. The number of rotatable bonds is 4. The zero-order chi connectivity index (χ0) is 16.6. The second-order valence-corrected chi connectivity index (χ2v) is 6.27. The summed E-state index contributed by atoms with van der Waals surface area (Å²) in [5.74, 6) is -0.114. The molecule has 1 aliphatic heterocycles. The van der Waals surface area contributed by atoms with Gasteiger partial charge in [-0.15, -0.1) is 0 Å². The van der Waals surface area contributed by atoms with Crippen molar-refractivity contribution in [3.05, 3.63) is 28.7 Å². The molecule has 124 valence electrons. The van der Waals surface area contributed by atoms with Crippen LogP contribution in [0.1, 0.15) is 53.6 Å². The van der Waals surface area contributed by atoms with E-state index in [9.17, 15) is 4.79 Å². The van der Waals surface area contributed by atoms with E-state index in [1.54, 1.807) is 4.52 Å². The molecule has 2 aromatic rings. The fourth-order valence-electron chi connectivity index (χ4n) is 3.31. The molecule has 3 heterocycles. The molecule has 1 fully saturated rings. The second kappa shape index (κ2) is 6.28. The maximum atomic E-state index is 12.8. The number of carbonyl (C=O) groups excluding carboxylic acids is 1. The van der Waals surface area contributed by atoms with Crippen LogP contribution >= 0.6 is 0 Å². The first-order valence-electron chi connectivity index (χ1n) is 8.27. The topological polar surface area (TPSA) is 68.5 Å². The number of aryl methyl sites for hydroxylation is 3. The molecule has 2 atom stereocenters. The van der Waals surface area contributed by atoms with Gasteiger partial charge in [-0.1, -0.05) is 6.92 Å². The Morgan fingerprint density at radius 2 is 2.26 bits per heavy atom. The van der Waals surface area contributed by atoms with Crippen molar-refractivity contribution in [2.45, 2.75) is 59.1 Å². The maximum absolute atomic E-state index is 12.8. The number of amides is 1. The third-order valence-electron chi connectivity index (χ3n) is 4.47. The van der Waals surface area contributed by atoms with Gasteiger partial charge < -0.3 is 10.1 Å². The molecular formula is C17H24N4O2. The van der Waals surface area contributed by atoms with Gasteiger partial charge in [0.1, 0.15) is 5.56 Å². The first kappa shape index (κ1) is 15.9. The first-order valence-corrected chi connectivity index (χ1v) is 8.27. The third-order valence-corrected chi connectivity index (χ3v) is 4.47. The minimum Gasteiger partial charge on any atom is -0.376 e. The van der Waals surface area contributed by atoms with Crippen molar-refractivity contribution in [3.8, 4) is 0 Å². The summed E-state index contributed by atoms with van der Waals surface area (Å²) < 4.78 is 7.47. The van der Waals surface area contributed by atoms with E-state index in [0.717, 1.165) is 37.3 Å². The van der Waals surface area contributed by atoms with E-state index in [2.05, 4.69) is 22.3 Å². The molecule has 0 aliphatic carbocycles. The van der Waals surface area contributed by atoms with Gasteiger partial charge in [-0.2, -0.15) is 5.10 Å². The maximum Gasteiger partial charge on any atom is 0.257 e. The molecule has 23 heavy (non-hydrogen) atoms. The van der Waals surface area contributed by atoms with Gasteiger partial charge in [-0.05, 0) is 46.1 Å². The zero-order valence-corrected chi connectivity index (χ0v) is 14.2. The molecule has 1 amide bonds.